The van der Waals surface area contributed by atoms with Crippen LogP contribution in [0.2, 0.25) is 5.02 Å². The normalized spacial score (nSPS) is 16.5. The molecule has 1 heterocycles. The summed E-state index contributed by atoms with van der Waals surface area (Å²) in [7, 11) is 1.65. The van der Waals surface area contributed by atoms with E-state index in [0.29, 0.717) is 37.6 Å². The second kappa shape index (κ2) is 9.30. The van der Waals surface area contributed by atoms with Gasteiger partial charge in [0, 0.05) is 10.6 Å². The van der Waals surface area contributed by atoms with E-state index in [9.17, 15) is 9.90 Å². The van der Waals surface area contributed by atoms with Gasteiger partial charge in [-0.3, -0.25) is 9.69 Å². The number of piperidine rings is 1. The van der Waals surface area contributed by atoms with Gasteiger partial charge in [0.25, 0.3) is 0 Å². The van der Waals surface area contributed by atoms with Crippen LogP contribution in [0.5, 0.6) is 11.5 Å². The number of carbonyl (C=O) groups is 1. The molecule has 3 rings (SSSR count). The van der Waals surface area contributed by atoms with Gasteiger partial charge in [-0.05, 0) is 68.8 Å². The number of hydrogen-bond acceptors (Lipinski definition) is 4. The lowest BCUT2D eigenvalue weighted by molar-refractivity contribution is -0.143. The van der Waals surface area contributed by atoms with E-state index in [1.165, 1.54) is 0 Å². The summed E-state index contributed by atoms with van der Waals surface area (Å²) in [5.41, 5.74) is 2.05. The maximum Gasteiger partial charge on any atom is 0.306 e. The molecule has 1 atom stereocenters. The SMILES string of the molecule is CCOc1ccc(Cl)cc1C(c1cccc(OC)c1)N1CCC(C(=O)O)CC1. The van der Waals surface area contributed by atoms with E-state index in [0.717, 1.165) is 22.6 Å². The van der Waals surface area contributed by atoms with Crippen LogP contribution in [0.4, 0.5) is 0 Å². The Kier molecular flexibility index (Phi) is 6.81. The molecule has 1 unspecified atom stereocenters. The van der Waals surface area contributed by atoms with Crippen molar-refractivity contribution in [2.75, 3.05) is 26.8 Å². The highest BCUT2D eigenvalue weighted by Gasteiger charge is 2.32. The van der Waals surface area contributed by atoms with Crippen molar-refractivity contribution in [3.63, 3.8) is 0 Å². The average molecular weight is 404 g/mol. The maximum atomic E-state index is 11.4. The van der Waals surface area contributed by atoms with Crippen LogP contribution in [0.25, 0.3) is 0 Å². The van der Waals surface area contributed by atoms with Crippen LogP contribution >= 0.6 is 11.6 Å². The Morgan fingerprint density at radius 3 is 2.64 bits per heavy atom. The summed E-state index contributed by atoms with van der Waals surface area (Å²) in [6.45, 7) is 3.89. The Labute approximate surface area is 170 Å². The summed E-state index contributed by atoms with van der Waals surface area (Å²) >= 11 is 6.33. The largest absolute Gasteiger partial charge is 0.497 e. The van der Waals surface area contributed by atoms with Crippen LogP contribution in [0.1, 0.15) is 36.9 Å². The first-order chi connectivity index (χ1) is 13.5. The van der Waals surface area contributed by atoms with Gasteiger partial charge in [0.1, 0.15) is 11.5 Å². The number of carboxylic acids is 1. The number of carboxylic acid groups (broad SMARTS) is 1. The maximum absolute atomic E-state index is 11.4. The van der Waals surface area contributed by atoms with Crippen LogP contribution in [-0.2, 0) is 4.79 Å². The van der Waals surface area contributed by atoms with Gasteiger partial charge in [0.15, 0.2) is 0 Å². The summed E-state index contributed by atoms with van der Waals surface area (Å²) in [6, 6.07) is 13.5. The molecular weight excluding hydrogens is 378 g/mol. The van der Waals surface area contributed by atoms with Crippen LogP contribution in [0.15, 0.2) is 42.5 Å². The molecule has 0 bridgehead atoms. The fourth-order valence-corrected chi connectivity index (χ4v) is 4.00. The number of halogens is 1. The van der Waals surface area contributed by atoms with Crippen molar-refractivity contribution in [2.45, 2.75) is 25.8 Å². The number of nitrogens with zero attached hydrogens (tertiary/aromatic N) is 1. The molecule has 2 aromatic rings. The minimum atomic E-state index is -0.713. The van der Waals surface area contributed by atoms with Crippen molar-refractivity contribution < 1.29 is 19.4 Å². The van der Waals surface area contributed by atoms with Gasteiger partial charge in [0.2, 0.25) is 0 Å². The number of likely N-dealkylation sites (tertiary alicyclic amines) is 1. The molecule has 0 aromatic heterocycles. The molecule has 5 nitrogen and oxygen atoms in total. The molecule has 2 aromatic carbocycles. The molecule has 1 saturated heterocycles. The first-order valence-electron chi connectivity index (χ1n) is 9.56. The third-order valence-corrected chi connectivity index (χ3v) is 5.45. The number of methoxy groups -OCH3 is 1. The summed E-state index contributed by atoms with van der Waals surface area (Å²) in [6.07, 6.45) is 1.25. The molecular formula is C22H26ClNO4. The average Bonchev–Trinajstić information content (AvgIpc) is 2.71. The van der Waals surface area contributed by atoms with E-state index >= 15 is 0 Å². The van der Waals surface area contributed by atoms with Crippen LogP contribution < -0.4 is 9.47 Å². The van der Waals surface area contributed by atoms with Crippen LogP contribution in [0, 0.1) is 5.92 Å². The standard InChI is InChI=1S/C22H26ClNO4/c1-3-28-20-8-7-17(23)14-19(20)21(16-5-4-6-18(13-16)27-2)24-11-9-15(10-12-24)22(25)26/h4-8,13-15,21H,3,9-12H2,1-2H3,(H,25,26). The Morgan fingerprint density at radius 2 is 2.00 bits per heavy atom. The minimum Gasteiger partial charge on any atom is -0.497 e. The van der Waals surface area contributed by atoms with Crippen molar-refractivity contribution in [1.82, 2.24) is 4.90 Å². The molecule has 1 aliphatic rings. The van der Waals surface area contributed by atoms with E-state index < -0.39 is 5.97 Å². The highest BCUT2D eigenvalue weighted by Crippen LogP contribution is 2.39. The Balaban J connectivity index is 2.03. The molecule has 1 N–H and O–H groups in total. The summed E-state index contributed by atoms with van der Waals surface area (Å²) in [4.78, 5) is 13.7. The van der Waals surface area contributed by atoms with E-state index in [1.54, 1.807) is 7.11 Å². The molecule has 0 radical (unpaired) electrons. The lowest BCUT2D eigenvalue weighted by atomic mass is 9.91. The fraction of sp³-hybridized carbons (Fsp3) is 0.409. The van der Waals surface area contributed by atoms with Gasteiger partial charge in [-0.2, -0.15) is 0 Å². The second-order valence-corrected chi connectivity index (χ2v) is 7.38. The van der Waals surface area contributed by atoms with Gasteiger partial charge in [0.05, 0.1) is 25.7 Å². The van der Waals surface area contributed by atoms with Gasteiger partial charge in [-0.15, -0.1) is 0 Å². The predicted octanol–water partition coefficient (Wildman–Crippen LogP) is 4.63. The van der Waals surface area contributed by atoms with Crippen molar-refractivity contribution in [3.8, 4) is 11.5 Å². The van der Waals surface area contributed by atoms with E-state index in [2.05, 4.69) is 11.0 Å². The Bertz CT molecular complexity index is 818. The highest BCUT2D eigenvalue weighted by atomic mass is 35.5. The summed E-state index contributed by atoms with van der Waals surface area (Å²) in [5, 5.41) is 9.99. The molecule has 0 spiro atoms. The molecule has 28 heavy (non-hydrogen) atoms. The predicted molar refractivity (Wildman–Crippen MR) is 109 cm³/mol. The molecule has 150 valence electrons. The minimum absolute atomic E-state index is 0.0925. The summed E-state index contributed by atoms with van der Waals surface area (Å²) < 4.78 is 11.3. The van der Waals surface area contributed by atoms with Gasteiger partial charge < -0.3 is 14.6 Å². The van der Waals surface area contributed by atoms with Crippen molar-refractivity contribution >= 4 is 17.6 Å². The lowest BCUT2D eigenvalue weighted by Gasteiger charge is -2.37. The molecule has 6 heteroatoms. The topological polar surface area (TPSA) is 59.0 Å². The number of ether oxygens (including phenoxy) is 2. The Hall–Kier alpha value is -2.24. The smallest absolute Gasteiger partial charge is 0.306 e. The van der Waals surface area contributed by atoms with E-state index in [4.69, 9.17) is 21.1 Å². The lowest BCUT2D eigenvalue weighted by Crippen LogP contribution is -2.39. The zero-order valence-corrected chi connectivity index (χ0v) is 17.0. The molecule has 0 amide bonds. The van der Waals surface area contributed by atoms with Crippen molar-refractivity contribution in [2.24, 2.45) is 5.92 Å². The molecule has 1 aliphatic heterocycles. The number of aliphatic carboxylic acids is 1. The van der Waals surface area contributed by atoms with Crippen LogP contribution in [-0.4, -0.2) is 42.8 Å². The van der Waals surface area contributed by atoms with Gasteiger partial charge in [-0.1, -0.05) is 23.7 Å². The number of hydrogen-bond donors (Lipinski definition) is 1. The number of rotatable bonds is 7. The third kappa shape index (κ3) is 4.59. The monoisotopic (exact) mass is 403 g/mol. The van der Waals surface area contributed by atoms with Gasteiger partial charge in [-0.25, -0.2) is 0 Å². The van der Waals surface area contributed by atoms with Crippen LogP contribution in [0.3, 0.4) is 0 Å². The fourth-order valence-electron chi connectivity index (χ4n) is 3.82. The van der Waals surface area contributed by atoms with E-state index in [-0.39, 0.29) is 12.0 Å². The zero-order chi connectivity index (χ0) is 20.1. The van der Waals surface area contributed by atoms with Crippen molar-refractivity contribution in [1.29, 1.82) is 0 Å². The number of benzene rings is 2. The van der Waals surface area contributed by atoms with E-state index in [1.807, 2.05) is 43.3 Å². The van der Waals surface area contributed by atoms with Crippen molar-refractivity contribution in [3.05, 3.63) is 58.6 Å². The first-order valence-corrected chi connectivity index (χ1v) is 9.94. The molecule has 0 saturated carbocycles. The highest BCUT2D eigenvalue weighted by molar-refractivity contribution is 6.30. The zero-order valence-electron chi connectivity index (χ0n) is 16.2. The summed E-state index contributed by atoms with van der Waals surface area (Å²) in [5.74, 6) is 0.575. The third-order valence-electron chi connectivity index (χ3n) is 5.22. The molecule has 0 aliphatic carbocycles. The molecule has 1 fully saturated rings. The first kappa shape index (κ1) is 20.5. The second-order valence-electron chi connectivity index (χ2n) is 6.94. The Morgan fingerprint density at radius 1 is 1.25 bits per heavy atom. The quantitative estimate of drug-likeness (QED) is 0.730. The van der Waals surface area contributed by atoms with Gasteiger partial charge >= 0.3 is 5.97 Å².